The highest BCUT2D eigenvalue weighted by molar-refractivity contribution is 4.84. The zero-order valence-corrected chi connectivity index (χ0v) is 7.88. The van der Waals surface area contributed by atoms with Crippen LogP contribution in [-0.4, -0.2) is 25.8 Å². The average Bonchev–Trinajstić information content (AvgIpc) is 2.15. The first kappa shape index (κ1) is 9.75. The van der Waals surface area contributed by atoms with Gasteiger partial charge in [-0.05, 0) is 12.8 Å². The van der Waals surface area contributed by atoms with Crippen LogP contribution in [0.4, 0.5) is 0 Å². The normalized spacial score (nSPS) is 30.1. The number of ether oxygens (including phenoxy) is 1. The first-order valence-corrected chi connectivity index (χ1v) is 4.75. The molecule has 0 aromatic heterocycles. The first-order chi connectivity index (χ1) is 5.88. The van der Waals surface area contributed by atoms with E-state index in [4.69, 9.17) is 4.74 Å². The van der Waals surface area contributed by atoms with E-state index in [1.807, 2.05) is 6.08 Å². The van der Waals surface area contributed by atoms with Crippen LogP contribution in [0, 0.1) is 0 Å². The molecular formula is C10H19NO. The number of rotatable bonds is 4. The molecule has 1 rings (SSSR count). The van der Waals surface area contributed by atoms with Crippen molar-refractivity contribution in [2.45, 2.75) is 37.8 Å². The van der Waals surface area contributed by atoms with Gasteiger partial charge in [-0.3, -0.25) is 0 Å². The molecule has 0 bridgehead atoms. The van der Waals surface area contributed by atoms with E-state index < -0.39 is 0 Å². The van der Waals surface area contributed by atoms with Gasteiger partial charge in [0, 0.05) is 19.7 Å². The lowest BCUT2D eigenvalue weighted by Gasteiger charge is -2.30. The van der Waals surface area contributed by atoms with Gasteiger partial charge in [0.25, 0.3) is 0 Å². The highest BCUT2D eigenvalue weighted by atomic mass is 16.5. The fourth-order valence-corrected chi connectivity index (χ4v) is 1.85. The predicted molar refractivity (Wildman–Crippen MR) is 51.3 cm³/mol. The summed E-state index contributed by atoms with van der Waals surface area (Å²) >= 11 is 0. The molecule has 2 atom stereocenters. The SMILES string of the molecule is C=CCNC1CCCCC1OC. The summed E-state index contributed by atoms with van der Waals surface area (Å²) in [6.07, 6.45) is 7.40. The summed E-state index contributed by atoms with van der Waals surface area (Å²) in [5.41, 5.74) is 0. The van der Waals surface area contributed by atoms with Crippen LogP contribution < -0.4 is 5.32 Å². The van der Waals surface area contributed by atoms with E-state index in [2.05, 4.69) is 11.9 Å². The molecule has 0 aromatic carbocycles. The molecule has 2 unspecified atom stereocenters. The number of hydrogen-bond acceptors (Lipinski definition) is 2. The summed E-state index contributed by atoms with van der Waals surface area (Å²) in [5, 5.41) is 3.43. The van der Waals surface area contributed by atoms with Crippen molar-refractivity contribution in [2.24, 2.45) is 0 Å². The van der Waals surface area contributed by atoms with Crippen LogP contribution in [0.15, 0.2) is 12.7 Å². The molecule has 70 valence electrons. The van der Waals surface area contributed by atoms with Crippen molar-refractivity contribution in [1.29, 1.82) is 0 Å². The Morgan fingerprint density at radius 3 is 2.92 bits per heavy atom. The molecule has 0 saturated heterocycles. The Hall–Kier alpha value is -0.340. The molecule has 1 N–H and O–H groups in total. The van der Waals surface area contributed by atoms with Gasteiger partial charge in [0.1, 0.15) is 0 Å². The molecule has 0 heterocycles. The standard InChI is InChI=1S/C10H19NO/c1-3-8-11-9-6-4-5-7-10(9)12-2/h3,9-11H,1,4-8H2,2H3. The highest BCUT2D eigenvalue weighted by Gasteiger charge is 2.23. The van der Waals surface area contributed by atoms with Gasteiger partial charge in [0.2, 0.25) is 0 Å². The molecule has 12 heavy (non-hydrogen) atoms. The first-order valence-electron chi connectivity index (χ1n) is 4.75. The minimum Gasteiger partial charge on any atom is -0.380 e. The van der Waals surface area contributed by atoms with Crippen molar-refractivity contribution in [3.63, 3.8) is 0 Å². The maximum atomic E-state index is 5.40. The summed E-state index contributed by atoms with van der Waals surface area (Å²) in [4.78, 5) is 0. The lowest BCUT2D eigenvalue weighted by Crippen LogP contribution is -2.43. The Kier molecular flexibility index (Phi) is 4.33. The van der Waals surface area contributed by atoms with Crippen molar-refractivity contribution in [1.82, 2.24) is 5.32 Å². The monoisotopic (exact) mass is 169 g/mol. The van der Waals surface area contributed by atoms with Crippen molar-refractivity contribution in [3.05, 3.63) is 12.7 Å². The predicted octanol–water partition coefficient (Wildman–Crippen LogP) is 1.72. The third-order valence-corrected chi connectivity index (χ3v) is 2.53. The summed E-state index contributed by atoms with van der Waals surface area (Å²) in [6, 6.07) is 0.543. The van der Waals surface area contributed by atoms with Crippen LogP contribution in [0.1, 0.15) is 25.7 Å². The largest absolute Gasteiger partial charge is 0.380 e. The Labute approximate surface area is 75.0 Å². The molecule has 2 nitrogen and oxygen atoms in total. The molecular weight excluding hydrogens is 150 g/mol. The molecule has 1 fully saturated rings. The van der Waals surface area contributed by atoms with E-state index >= 15 is 0 Å². The lowest BCUT2D eigenvalue weighted by molar-refractivity contribution is 0.0431. The second-order valence-corrected chi connectivity index (χ2v) is 3.36. The van der Waals surface area contributed by atoms with Gasteiger partial charge in [-0.2, -0.15) is 0 Å². The number of methoxy groups -OCH3 is 1. The van der Waals surface area contributed by atoms with Crippen LogP contribution in [0.3, 0.4) is 0 Å². The molecule has 0 spiro atoms. The lowest BCUT2D eigenvalue weighted by atomic mass is 9.92. The number of hydrogen-bond donors (Lipinski definition) is 1. The van der Waals surface area contributed by atoms with E-state index in [1.54, 1.807) is 7.11 Å². The minimum absolute atomic E-state index is 0.415. The minimum atomic E-state index is 0.415. The zero-order chi connectivity index (χ0) is 8.81. The van der Waals surface area contributed by atoms with E-state index in [9.17, 15) is 0 Å². The van der Waals surface area contributed by atoms with E-state index in [0.29, 0.717) is 12.1 Å². The van der Waals surface area contributed by atoms with Crippen LogP contribution in [0.25, 0.3) is 0 Å². The third kappa shape index (κ3) is 2.61. The van der Waals surface area contributed by atoms with Gasteiger partial charge in [-0.25, -0.2) is 0 Å². The summed E-state index contributed by atoms with van der Waals surface area (Å²) in [5.74, 6) is 0. The molecule has 0 aliphatic heterocycles. The van der Waals surface area contributed by atoms with Gasteiger partial charge in [0.15, 0.2) is 0 Å². The van der Waals surface area contributed by atoms with Gasteiger partial charge < -0.3 is 10.1 Å². The molecule has 0 aromatic rings. The highest BCUT2D eigenvalue weighted by Crippen LogP contribution is 2.20. The number of nitrogens with one attached hydrogen (secondary N) is 1. The fraction of sp³-hybridized carbons (Fsp3) is 0.800. The third-order valence-electron chi connectivity index (χ3n) is 2.53. The van der Waals surface area contributed by atoms with Crippen molar-refractivity contribution in [2.75, 3.05) is 13.7 Å². The summed E-state index contributed by atoms with van der Waals surface area (Å²) < 4.78 is 5.40. The van der Waals surface area contributed by atoms with Gasteiger partial charge in [-0.1, -0.05) is 18.9 Å². The molecule has 0 radical (unpaired) electrons. The van der Waals surface area contributed by atoms with Gasteiger partial charge in [0.05, 0.1) is 6.10 Å². The Bertz CT molecular complexity index is 136. The van der Waals surface area contributed by atoms with Crippen LogP contribution in [0.2, 0.25) is 0 Å². The summed E-state index contributed by atoms with van der Waals surface area (Å²) in [7, 11) is 1.80. The van der Waals surface area contributed by atoms with Crippen molar-refractivity contribution < 1.29 is 4.74 Å². The smallest absolute Gasteiger partial charge is 0.0724 e. The second kappa shape index (κ2) is 5.33. The maximum absolute atomic E-state index is 5.40. The molecule has 1 saturated carbocycles. The van der Waals surface area contributed by atoms with Crippen LogP contribution >= 0.6 is 0 Å². The van der Waals surface area contributed by atoms with Crippen LogP contribution in [0.5, 0.6) is 0 Å². The molecule has 0 amide bonds. The van der Waals surface area contributed by atoms with E-state index in [0.717, 1.165) is 6.54 Å². The van der Waals surface area contributed by atoms with E-state index in [1.165, 1.54) is 25.7 Å². The van der Waals surface area contributed by atoms with Crippen molar-refractivity contribution >= 4 is 0 Å². The van der Waals surface area contributed by atoms with Gasteiger partial charge in [-0.15, -0.1) is 6.58 Å². The van der Waals surface area contributed by atoms with Gasteiger partial charge >= 0.3 is 0 Å². The van der Waals surface area contributed by atoms with Crippen LogP contribution in [-0.2, 0) is 4.74 Å². The summed E-state index contributed by atoms with van der Waals surface area (Å²) in [6.45, 7) is 4.59. The molecule has 1 aliphatic carbocycles. The fourth-order valence-electron chi connectivity index (χ4n) is 1.85. The average molecular weight is 169 g/mol. The zero-order valence-electron chi connectivity index (χ0n) is 7.88. The quantitative estimate of drug-likeness (QED) is 0.647. The Balaban J connectivity index is 2.30. The Morgan fingerprint density at radius 2 is 2.25 bits per heavy atom. The second-order valence-electron chi connectivity index (χ2n) is 3.36. The molecule has 2 heteroatoms. The molecule has 1 aliphatic rings. The topological polar surface area (TPSA) is 21.3 Å². The van der Waals surface area contributed by atoms with E-state index in [-0.39, 0.29) is 0 Å². The maximum Gasteiger partial charge on any atom is 0.0724 e. The van der Waals surface area contributed by atoms with Crippen molar-refractivity contribution in [3.8, 4) is 0 Å². The Morgan fingerprint density at radius 1 is 1.50 bits per heavy atom.